The van der Waals surface area contributed by atoms with Crippen LogP contribution in [0.5, 0.6) is 5.75 Å². The molecule has 0 heterocycles. The van der Waals surface area contributed by atoms with E-state index in [1.165, 1.54) is 5.56 Å². The average Bonchev–Trinajstić information content (AvgIpc) is 2.37. The Hall–Kier alpha value is -1.55. The van der Waals surface area contributed by atoms with Crippen LogP contribution in [0.3, 0.4) is 0 Å². The van der Waals surface area contributed by atoms with Gasteiger partial charge in [-0.1, -0.05) is 19.1 Å². The molecule has 0 saturated heterocycles. The summed E-state index contributed by atoms with van der Waals surface area (Å²) in [5, 5.41) is 3.44. The van der Waals surface area contributed by atoms with Crippen molar-refractivity contribution in [3.05, 3.63) is 29.3 Å². The van der Waals surface area contributed by atoms with Gasteiger partial charge >= 0.3 is 0 Å². The number of primary amides is 1. The maximum atomic E-state index is 11.0. The summed E-state index contributed by atoms with van der Waals surface area (Å²) in [5.41, 5.74) is 7.42. The molecule has 0 radical (unpaired) electrons. The highest BCUT2D eigenvalue weighted by Gasteiger charge is 2.13. The SMILES string of the molecule is CCCNC(C)c1ccc(OC(C)C(N)=O)c(C)c1. The van der Waals surface area contributed by atoms with Crippen LogP contribution in [0, 0.1) is 6.92 Å². The minimum Gasteiger partial charge on any atom is -0.481 e. The summed E-state index contributed by atoms with van der Waals surface area (Å²) in [7, 11) is 0. The number of hydrogen-bond acceptors (Lipinski definition) is 3. The number of hydrogen-bond donors (Lipinski definition) is 2. The first kappa shape index (κ1) is 15.5. The average molecular weight is 264 g/mol. The molecule has 0 saturated carbocycles. The monoisotopic (exact) mass is 264 g/mol. The predicted octanol–water partition coefficient (Wildman–Crippen LogP) is 2.31. The number of nitrogens with two attached hydrogens (primary N) is 1. The predicted molar refractivity (Wildman–Crippen MR) is 77.2 cm³/mol. The standard InChI is InChI=1S/C15H24N2O2/c1-5-8-17-11(3)13-6-7-14(10(2)9-13)19-12(4)15(16)18/h6-7,9,11-12,17H,5,8H2,1-4H3,(H2,16,18). The Kier molecular flexibility index (Phi) is 5.83. The number of ether oxygens (including phenoxy) is 1. The number of carbonyl (C=O) groups excluding carboxylic acids is 1. The van der Waals surface area contributed by atoms with Crippen LogP contribution < -0.4 is 15.8 Å². The normalized spacial score (nSPS) is 13.9. The van der Waals surface area contributed by atoms with Crippen LogP contribution in [-0.2, 0) is 4.79 Å². The maximum Gasteiger partial charge on any atom is 0.258 e. The number of amides is 1. The molecule has 4 nitrogen and oxygen atoms in total. The second-order valence-electron chi connectivity index (χ2n) is 4.86. The van der Waals surface area contributed by atoms with Crippen molar-refractivity contribution in [1.29, 1.82) is 0 Å². The van der Waals surface area contributed by atoms with Gasteiger partial charge in [0.2, 0.25) is 0 Å². The number of nitrogens with one attached hydrogen (secondary N) is 1. The van der Waals surface area contributed by atoms with Crippen molar-refractivity contribution in [3.8, 4) is 5.75 Å². The zero-order valence-electron chi connectivity index (χ0n) is 12.2. The smallest absolute Gasteiger partial charge is 0.258 e. The van der Waals surface area contributed by atoms with Gasteiger partial charge < -0.3 is 15.8 Å². The van der Waals surface area contributed by atoms with Gasteiger partial charge in [-0.2, -0.15) is 0 Å². The molecule has 0 fully saturated rings. The Bertz CT molecular complexity index is 432. The van der Waals surface area contributed by atoms with Crippen molar-refractivity contribution in [2.45, 2.75) is 46.3 Å². The first-order valence-corrected chi connectivity index (χ1v) is 6.75. The van der Waals surface area contributed by atoms with E-state index < -0.39 is 12.0 Å². The van der Waals surface area contributed by atoms with E-state index in [9.17, 15) is 4.79 Å². The molecule has 2 unspecified atom stereocenters. The van der Waals surface area contributed by atoms with Gasteiger partial charge in [-0.15, -0.1) is 0 Å². The summed E-state index contributed by atoms with van der Waals surface area (Å²) in [6, 6.07) is 6.30. The molecule has 2 atom stereocenters. The lowest BCUT2D eigenvalue weighted by Gasteiger charge is -2.17. The largest absolute Gasteiger partial charge is 0.481 e. The molecule has 0 spiro atoms. The molecule has 1 rings (SSSR count). The fourth-order valence-corrected chi connectivity index (χ4v) is 1.80. The lowest BCUT2D eigenvalue weighted by Crippen LogP contribution is -2.30. The van der Waals surface area contributed by atoms with Crippen LogP contribution in [0.4, 0.5) is 0 Å². The van der Waals surface area contributed by atoms with Crippen LogP contribution in [0.2, 0.25) is 0 Å². The molecular weight excluding hydrogens is 240 g/mol. The molecule has 4 heteroatoms. The van der Waals surface area contributed by atoms with Gasteiger partial charge in [-0.3, -0.25) is 4.79 Å². The molecule has 1 aromatic carbocycles. The Labute approximate surface area is 115 Å². The number of rotatable bonds is 7. The quantitative estimate of drug-likeness (QED) is 0.794. The van der Waals surface area contributed by atoms with E-state index >= 15 is 0 Å². The number of carbonyl (C=O) groups is 1. The molecule has 19 heavy (non-hydrogen) atoms. The van der Waals surface area contributed by atoms with Crippen molar-refractivity contribution in [1.82, 2.24) is 5.32 Å². The van der Waals surface area contributed by atoms with E-state index in [-0.39, 0.29) is 0 Å². The van der Waals surface area contributed by atoms with Crippen molar-refractivity contribution in [2.75, 3.05) is 6.54 Å². The highest BCUT2D eigenvalue weighted by Crippen LogP contribution is 2.23. The number of benzene rings is 1. The third-order valence-electron chi connectivity index (χ3n) is 3.10. The Balaban J connectivity index is 2.76. The van der Waals surface area contributed by atoms with Crippen molar-refractivity contribution < 1.29 is 9.53 Å². The second-order valence-corrected chi connectivity index (χ2v) is 4.86. The zero-order valence-corrected chi connectivity index (χ0v) is 12.2. The third kappa shape index (κ3) is 4.56. The second kappa shape index (κ2) is 7.14. The minimum atomic E-state index is -0.611. The molecule has 0 aliphatic heterocycles. The first-order valence-electron chi connectivity index (χ1n) is 6.75. The lowest BCUT2D eigenvalue weighted by molar-refractivity contribution is -0.123. The van der Waals surface area contributed by atoms with Gasteiger partial charge in [0.15, 0.2) is 6.10 Å². The van der Waals surface area contributed by atoms with E-state index in [2.05, 4.69) is 25.2 Å². The van der Waals surface area contributed by atoms with E-state index in [0.29, 0.717) is 11.8 Å². The van der Waals surface area contributed by atoms with E-state index in [0.717, 1.165) is 18.5 Å². The van der Waals surface area contributed by atoms with Crippen LogP contribution in [0.15, 0.2) is 18.2 Å². The lowest BCUT2D eigenvalue weighted by atomic mass is 10.0. The molecule has 0 bridgehead atoms. The molecule has 3 N–H and O–H groups in total. The Morgan fingerprint density at radius 2 is 2.11 bits per heavy atom. The molecule has 1 amide bonds. The molecule has 0 aromatic heterocycles. The third-order valence-corrected chi connectivity index (χ3v) is 3.10. The highest BCUT2D eigenvalue weighted by molar-refractivity contribution is 5.78. The number of aryl methyl sites for hydroxylation is 1. The Morgan fingerprint density at radius 1 is 1.42 bits per heavy atom. The molecule has 106 valence electrons. The summed E-state index contributed by atoms with van der Waals surface area (Å²) in [4.78, 5) is 11.0. The van der Waals surface area contributed by atoms with Gasteiger partial charge in [0, 0.05) is 6.04 Å². The van der Waals surface area contributed by atoms with Gasteiger partial charge in [0.05, 0.1) is 0 Å². The van der Waals surface area contributed by atoms with Crippen LogP contribution >= 0.6 is 0 Å². The first-order chi connectivity index (χ1) is 8.95. The zero-order chi connectivity index (χ0) is 14.4. The minimum absolute atomic E-state index is 0.307. The van der Waals surface area contributed by atoms with Gasteiger partial charge in [-0.05, 0) is 50.9 Å². The fourth-order valence-electron chi connectivity index (χ4n) is 1.80. The van der Waals surface area contributed by atoms with Crippen LogP contribution in [0.25, 0.3) is 0 Å². The molecule has 0 aliphatic rings. The van der Waals surface area contributed by atoms with Gasteiger partial charge in [-0.25, -0.2) is 0 Å². The molecule has 1 aromatic rings. The summed E-state index contributed by atoms with van der Waals surface area (Å²) in [6.07, 6.45) is 0.501. The fraction of sp³-hybridized carbons (Fsp3) is 0.533. The highest BCUT2D eigenvalue weighted by atomic mass is 16.5. The van der Waals surface area contributed by atoms with E-state index in [1.807, 2.05) is 19.1 Å². The Morgan fingerprint density at radius 3 is 2.63 bits per heavy atom. The molecule has 0 aliphatic carbocycles. The molecular formula is C15H24N2O2. The topological polar surface area (TPSA) is 64.3 Å². The van der Waals surface area contributed by atoms with Crippen molar-refractivity contribution in [2.24, 2.45) is 5.73 Å². The van der Waals surface area contributed by atoms with E-state index in [1.54, 1.807) is 6.92 Å². The summed E-state index contributed by atoms with van der Waals surface area (Å²) >= 11 is 0. The summed E-state index contributed by atoms with van der Waals surface area (Å²) < 4.78 is 5.53. The van der Waals surface area contributed by atoms with Crippen molar-refractivity contribution in [3.63, 3.8) is 0 Å². The van der Waals surface area contributed by atoms with Crippen LogP contribution in [-0.4, -0.2) is 18.6 Å². The summed E-state index contributed by atoms with van der Waals surface area (Å²) in [5.74, 6) is 0.249. The van der Waals surface area contributed by atoms with Crippen LogP contribution in [0.1, 0.15) is 44.4 Å². The summed E-state index contributed by atoms with van der Waals surface area (Å²) in [6.45, 7) is 8.90. The van der Waals surface area contributed by atoms with Crippen molar-refractivity contribution >= 4 is 5.91 Å². The van der Waals surface area contributed by atoms with Gasteiger partial charge in [0.25, 0.3) is 5.91 Å². The van der Waals surface area contributed by atoms with Gasteiger partial charge in [0.1, 0.15) is 5.75 Å². The maximum absolute atomic E-state index is 11.0. The van der Waals surface area contributed by atoms with E-state index in [4.69, 9.17) is 10.5 Å².